The molecular formula is C18H21NO3. The number of fused-ring (bicyclic) bond motifs is 1. The summed E-state index contributed by atoms with van der Waals surface area (Å²) >= 11 is 0. The zero-order valence-corrected chi connectivity index (χ0v) is 13.2. The molecule has 0 aliphatic heterocycles. The number of rotatable bonds is 5. The van der Waals surface area contributed by atoms with Crippen LogP contribution in [0.15, 0.2) is 42.5 Å². The lowest BCUT2D eigenvalue weighted by Crippen LogP contribution is -2.44. The summed E-state index contributed by atoms with van der Waals surface area (Å²) in [5.41, 5.74) is 0.146. The van der Waals surface area contributed by atoms with Gasteiger partial charge in [-0.05, 0) is 43.2 Å². The molecule has 22 heavy (non-hydrogen) atoms. The van der Waals surface area contributed by atoms with Gasteiger partial charge in [0.25, 0.3) is 5.91 Å². The highest BCUT2D eigenvalue weighted by Gasteiger charge is 2.19. The van der Waals surface area contributed by atoms with Crippen molar-refractivity contribution in [3.8, 4) is 0 Å². The molecule has 0 aliphatic carbocycles. The van der Waals surface area contributed by atoms with E-state index in [0.29, 0.717) is 5.56 Å². The van der Waals surface area contributed by atoms with E-state index in [1.165, 1.54) is 0 Å². The Morgan fingerprint density at radius 2 is 1.77 bits per heavy atom. The van der Waals surface area contributed by atoms with Crippen molar-refractivity contribution in [3.63, 3.8) is 0 Å². The molecule has 0 aliphatic rings. The molecule has 0 bridgehead atoms. The topological polar surface area (TPSA) is 55.4 Å². The van der Waals surface area contributed by atoms with Crippen molar-refractivity contribution in [1.82, 2.24) is 5.32 Å². The van der Waals surface area contributed by atoms with Crippen LogP contribution in [0.1, 0.15) is 37.6 Å². The molecule has 1 amide bonds. The highest BCUT2D eigenvalue weighted by molar-refractivity contribution is 5.96. The Morgan fingerprint density at radius 3 is 2.45 bits per heavy atom. The summed E-state index contributed by atoms with van der Waals surface area (Å²) in [5, 5.41) is 4.85. The second-order valence-corrected chi connectivity index (χ2v) is 5.92. The number of benzene rings is 2. The van der Waals surface area contributed by atoms with E-state index in [1.807, 2.05) is 51.1 Å². The van der Waals surface area contributed by atoms with Crippen LogP contribution in [-0.4, -0.2) is 24.0 Å². The molecule has 0 aromatic heterocycles. The van der Waals surface area contributed by atoms with E-state index in [9.17, 15) is 9.59 Å². The van der Waals surface area contributed by atoms with Crippen LogP contribution in [0.25, 0.3) is 10.8 Å². The molecule has 2 rings (SSSR count). The highest BCUT2D eigenvalue weighted by Crippen LogP contribution is 2.16. The zero-order chi connectivity index (χ0) is 16.2. The summed E-state index contributed by atoms with van der Waals surface area (Å²) in [6.45, 7) is 5.57. The van der Waals surface area contributed by atoms with Gasteiger partial charge in [-0.3, -0.25) is 4.79 Å². The molecule has 2 aromatic carbocycles. The maximum absolute atomic E-state index is 12.0. The molecule has 0 saturated carbocycles. The van der Waals surface area contributed by atoms with Crippen molar-refractivity contribution in [1.29, 1.82) is 0 Å². The summed E-state index contributed by atoms with van der Waals surface area (Å²) in [6.07, 6.45) is 0.803. The zero-order valence-electron chi connectivity index (χ0n) is 13.2. The fourth-order valence-corrected chi connectivity index (χ4v) is 2.03. The number of hydrogen-bond donors (Lipinski definition) is 1. The standard InChI is InChI=1S/C18H21NO3/c1-4-18(2,3)19-16(20)12-22-17(21)15-10-9-13-7-5-6-8-14(13)11-15/h5-11H,4,12H2,1-3H3,(H,19,20). The minimum absolute atomic E-state index is 0.269. The van der Waals surface area contributed by atoms with Gasteiger partial charge >= 0.3 is 5.97 Å². The van der Waals surface area contributed by atoms with Gasteiger partial charge in [-0.2, -0.15) is 0 Å². The molecule has 0 spiro atoms. The summed E-state index contributed by atoms with van der Waals surface area (Å²) in [5.74, 6) is -0.781. The van der Waals surface area contributed by atoms with Gasteiger partial charge in [0.2, 0.25) is 0 Å². The highest BCUT2D eigenvalue weighted by atomic mass is 16.5. The Labute approximate surface area is 130 Å². The van der Waals surface area contributed by atoms with Crippen molar-refractivity contribution in [2.45, 2.75) is 32.7 Å². The molecule has 0 fully saturated rings. The van der Waals surface area contributed by atoms with Crippen molar-refractivity contribution in [3.05, 3.63) is 48.0 Å². The van der Waals surface area contributed by atoms with Crippen molar-refractivity contribution in [2.75, 3.05) is 6.61 Å². The molecular weight excluding hydrogens is 278 g/mol. The molecule has 4 nitrogen and oxygen atoms in total. The van der Waals surface area contributed by atoms with Crippen LogP contribution < -0.4 is 5.32 Å². The van der Waals surface area contributed by atoms with Crippen LogP contribution in [0.3, 0.4) is 0 Å². The Morgan fingerprint density at radius 1 is 1.09 bits per heavy atom. The molecule has 1 N–H and O–H groups in total. The van der Waals surface area contributed by atoms with Gasteiger partial charge in [0.1, 0.15) is 0 Å². The maximum Gasteiger partial charge on any atom is 0.338 e. The second kappa shape index (κ2) is 6.60. The Hall–Kier alpha value is -2.36. The monoisotopic (exact) mass is 299 g/mol. The van der Waals surface area contributed by atoms with Crippen LogP contribution in [0, 0.1) is 0 Å². The first kappa shape index (κ1) is 16.0. The smallest absolute Gasteiger partial charge is 0.338 e. The molecule has 0 atom stereocenters. The number of amides is 1. The van der Waals surface area contributed by atoms with Gasteiger partial charge in [-0.15, -0.1) is 0 Å². The first-order valence-electron chi connectivity index (χ1n) is 7.38. The number of ether oxygens (including phenoxy) is 1. The number of nitrogens with one attached hydrogen (secondary N) is 1. The van der Waals surface area contributed by atoms with Crippen LogP contribution in [0.5, 0.6) is 0 Å². The first-order valence-corrected chi connectivity index (χ1v) is 7.38. The van der Waals surface area contributed by atoms with Gasteiger partial charge in [-0.1, -0.05) is 37.3 Å². The minimum Gasteiger partial charge on any atom is -0.452 e. The van der Waals surface area contributed by atoms with Crippen molar-refractivity contribution < 1.29 is 14.3 Å². The van der Waals surface area contributed by atoms with Crippen LogP contribution in [0.2, 0.25) is 0 Å². The van der Waals surface area contributed by atoms with E-state index >= 15 is 0 Å². The van der Waals surface area contributed by atoms with E-state index in [2.05, 4.69) is 5.32 Å². The lowest BCUT2D eigenvalue weighted by atomic mass is 10.0. The van der Waals surface area contributed by atoms with E-state index in [-0.39, 0.29) is 18.1 Å². The lowest BCUT2D eigenvalue weighted by molar-refractivity contribution is -0.125. The van der Waals surface area contributed by atoms with Gasteiger partial charge in [0, 0.05) is 5.54 Å². The number of esters is 1. The average molecular weight is 299 g/mol. The molecule has 0 radical (unpaired) electrons. The molecule has 2 aromatic rings. The third kappa shape index (κ3) is 4.07. The van der Waals surface area contributed by atoms with Crippen LogP contribution in [-0.2, 0) is 9.53 Å². The van der Waals surface area contributed by atoms with Gasteiger partial charge < -0.3 is 10.1 Å². The average Bonchev–Trinajstić information content (AvgIpc) is 2.51. The molecule has 0 heterocycles. The number of carbonyl (C=O) groups excluding carboxylic acids is 2. The van der Waals surface area contributed by atoms with E-state index in [0.717, 1.165) is 17.2 Å². The Bertz CT molecular complexity index is 692. The summed E-state index contributed by atoms with van der Waals surface area (Å²) in [4.78, 5) is 23.8. The Kier molecular flexibility index (Phi) is 4.81. The fourth-order valence-electron chi connectivity index (χ4n) is 2.03. The van der Waals surface area contributed by atoms with Crippen LogP contribution >= 0.6 is 0 Å². The molecule has 116 valence electrons. The SMILES string of the molecule is CCC(C)(C)NC(=O)COC(=O)c1ccc2ccccc2c1. The largest absolute Gasteiger partial charge is 0.452 e. The van der Waals surface area contributed by atoms with Gasteiger partial charge in [0.15, 0.2) is 6.61 Å². The maximum atomic E-state index is 12.0. The second-order valence-electron chi connectivity index (χ2n) is 5.92. The molecule has 0 saturated heterocycles. The van der Waals surface area contributed by atoms with Crippen molar-refractivity contribution >= 4 is 22.6 Å². The summed E-state index contributed by atoms with van der Waals surface area (Å²) in [7, 11) is 0. The predicted molar refractivity (Wildman–Crippen MR) is 86.7 cm³/mol. The van der Waals surface area contributed by atoms with Gasteiger partial charge in [0.05, 0.1) is 5.56 Å². The fraction of sp³-hybridized carbons (Fsp3) is 0.333. The van der Waals surface area contributed by atoms with Crippen molar-refractivity contribution in [2.24, 2.45) is 0 Å². The van der Waals surface area contributed by atoms with E-state index < -0.39 is 5.97 Å². The van der Waals surface area contributed by atoms with Gasteiger partial charge in [-0.25, -0.2) is 4.79 Å². The lowest BCUT2D eigenvalue weighted by Gasteiger charge is -2.24. The quantitative estimate of drug-likeness (QED) is 0.862. The van der Waals surface area contributed by atoms with E-state index in [1.54, 1.807) is 12.1 Å². The number of carbonyl (C=O) groups is 2. The third-order valence-corrected chi connectivity index (χ3v) is 3.68. The number of hydrogen-bond acceptors (Lipinski definition) is 3. The minimum atomic E-state index is -0.491. The molecule has 0 unspecified atom stereocenters. The predicted octanol–water partition coefficient (Wildman–Crippen LogP) is 3.30. The molecule has 4 heteroatoms. The third-order valence-electron chi connectivity index (χ3n) is 3.68. The normalized spacial score (nSPS) is 11.2. The van der Waals surface area contributed by atoms with E-state index in [4.69, 9.17) is 4.74 Å². The van der Waals surface area contributed by atoms with Crippen LogP contribution in [0.4, 0.5) is 0 Å². The Balaban J connectivity index is 1.98. The first-order chi connectivity index (χ1) is 10.4. The summed E-state index contributed by atoms with van der Waals surface area (Å²) in [6, 6.07) is 13.1. The summed E-state index contributed by atoms with van der Waals surface area (Å²) < 4.78 is 5.08.